The zero-order valence-corrected chi connectivity index (χ0v) is 6.86. The highest BCUT2D eigenvalue weighted by atomic mass is 14.9. The third kappa shape index (κ3) is 5.33. The van der Waals surface area contributed by atoms with Crippen molar-refractivity contribution in [3.05, 3.63) is 12.2 Å². The Balaban J connectivity index is 3.58. The average Bonchev–Trinajstić information content (AvgIpc) is 1.81. The summed E-state index contributed by atoms with van der Waals surface area (Å²) in [7, 11) is 0. The molecule has 0 aromatic heterocycles. The molecule has 0 saturated heterocycles. The van der Waals surface area contributed by atoms with Gasteiger partial charge in [0, 0.05) is 17.7 Å². The molecular formula is C8H14N2. The molecule has 56 valence electrons. The van der Waals surface area contributed by atoms with Crippen molar-refractivity contribution in [1.82, 2.24) is 5.32 Å². The van der Waals surface area contributed by atoms with Gasteiger partial charge in [-0.3, -0.25) is 0 Å². The minimum Gasteiger partial charge on any atom is -0.307 e. The van der Waals surface area contributed by atoms with E-state index in [0.29, 0.717) is 12.1 Å². The van der Waals surface area contributed by atoms with Crippen molar-refractivity contribution in [2.75, 3.05) is 6.54 Å². The summed E-state index contributed by atoms with van der Waals surface area (Å²) in [5.41, 5.74) is 0.648. The van der Waals surface area contributed by atoms with E-state index < -0.39 is 0 Å². The Morgan fingerprint density at radius 3 is 2.40 bits per heavy atom. The molecule has 0 aliphatic rings. The van der Waals surface area contributed by atoms with Crippen molar-refractivity contribution < 1.29 is 0 Å². The van der Waals surface area contributed by atoms with E-state index in [4.69, 9.17) is 5.26 Å². The van der Waals surface area contributed by atoms with Crippen molar-refractivity contribution in [3.8, 4) is 6.07 Å². The minimum absolute atomic E-state index is 0.0692. The first-order valence-corrected chi connectivity index (χ1v) is 3.28. The van der Waals surface area contributed by atoms with Crippen LogP contribution in [0.25, 0.3) is 0 Å². The van der Waals surface area contributed by atoms with Gasteiger partial charge < -0.3 is 5.32 Å². The lowest BCUT2D eigenvalue weighted by atomic mass is 10.1. The number of nitrogens with one attached hydrogen (secondary N) is 1. The lowest BCUT2D eigenvalue weighted by molar-refractivity contribution is 0.447. The normalized spacial score (nSPS) is 10.6. The predicted molar refractivity (Wildman–Crippen MR) is 42.5 cm³/mol. The quantitative estimate of drug-likeness (QED) is 0.586. The van der Waals surface area contributed by atoms with E-state index in [1.54, 1.807) is 0 Å². The number of hydrogen-bond acceptors (Lipinski definition) is 2. The molecule has 10 heavy (non-hydrogen) atoms. The van der Waals surface area contributed by atoms with Gasteiger partial charge in [-0.25, -0.2) is 0 Å². The van der Waals surface area contributed by atoms with Crippen molar-refractivity contribution in [2.24, 2.45) is 0 Å². The second-order valence-corrected chi connectivity index (χ2v) is 3.32. The van der Waals surface area contributed by atoms with Crippen molar-refractivity contribution >= 4 is 0 Å². The Bertz CT molecular complexity index is 157. The van der Waals surface area contributed by atoms with E-state index in [9.17, 15) is 0 Å². The second kappa shape index (κ2) is 3.38. The molecule has 0 saturated carbocycles. The van der Waals surface area contributed by atoms with E-state index >= 15 is 0 Å². The molecule has 0 unspecified atom stereocenters. The maximum Gasteiger partial charge on any atom is 0.0954 e. The maximum atomic E-state index is 8.34. The van der Waals surface area contributed by atoms with Gasteiger partial charge in [0.1, 0.15) is 0 Å². The largest absolute Gasteiger partial charge is 0.307 e. The zero-order valence-electron chi connectivity index (χ0n) is 6.86. The van der Waals surface area contributed by atoms with Crippen LogP contribution in [0.4, 0.5) is 0 Å². The Morgan fingerprint density at radius 2 is 2.10 bits per heavy atom. The van der Waals surface area contributed by atoms with Crippen LogP contribution >= 0.6 is 0 Å². The first-order chi connectivity index (χ1) is 4.45. The van der Waals surface area contributed by atoms with E-state index in [2.05, 4.69) is 32.7 Å². The molecule has 0 spiro atoms. The topological polar surface area (TPSA) is 35.8 Å². The van der Waals surface area contributed by atoms with Crippen LogP contribution in [-0.2, 0) is 0 Å². The Labute approximate surface area is 62.5 Å². The van der Waals surface area contributed by atoms with Crippen LogP contribution in [0.3, 0.4) is 0 Å². The van der Waals surface area contributed by atoms with Gasteiger partial charge in [0.05, 0.1) is 6.07 Å². The molecule has 1 N–H and O–H groups in total. The van der Waals surface area contributed by atoms with Crippen LogP contribution in [0.5, 0.6) is 0 Å². The Kier molecular flexibility index (Phi) is 3.11. The van der Waals surface area contributed by atoms with Gasteiger partial charge in [0.2, 0.25) is 0 Å². The molecule has 0 aromatic rings. The molecule has 0 rings (SSSR count). The highest BCUT2D eigenvalue weighted by Gasteiger charge is 2.07. The van der Waals surface area contributed by atoms with Crippen LogP contribution in [-0.4, -0.2) is 12.1 Å². The molecule has 2 nitrogen and oxygen atoms in total. The molecule has 0 aliphatic heterocycles. The van der Waals surface area contributed by atoms with Crippen LogP contribution in [0.15, 0.2) is 12.2 Å². The molecule has 0 radical (unpaired) electrons. The standard InChI is InChI=1S/C8H14N2/c1-7(5-9)6-10-8(2,3)4/h10H,1,6H2,2-4H3. The van der Waals surface area contributed by atoms with Crippen LogP contribution in [0.1, 0.15) is 20.8 Å². The lowest BCUT2D eigenvalue weighted by Crippen LogP contribution is -2.36. The van der Waals surface area contributed by atoms with Gasteiger partial charge in [-0.2, -0.15) is 5.26 Å². The van der Waals surface area contributed by atoms with E-state index in [1.165, 1.54) is 0 Å². The maximum absolute atomic E-state index is 8.34. The van der Waals surface area contributed by atoms with Gasteiger partial charge in [-0.1, -0.05) is 6.58 Å². The molecular weight excluding hydrogens is 124 g/mol. The zero-order chi connectivity index (χ0) is 8.20. The molecule has 0 bridgehead atoms. The predicted octanol–water partition coefficient (Wildman–Crippen LogP) is 1.45. The first-order valence-electron chi connectivity index (χ1n) is 3.28. The third-order valence-corrected chi connectivity index (χ3v) is 0.990. The van der Waals surface area contributed by atoms with Crippen LogP contribution < -0.4 is 5.32 Å². The van der Waals surface area contributed by atoms with Crippen molar-refractivity contribution in [3.63, 3.8) is 0 Å². The van der Waals surface area contributed by atoms with Crippen LogP contribution in [0.2, 0.25) is 0 Å². The SMILES string of the molecule is C=C(C#N)CNC(C)(C)C. The van der Waals surface area contributed by atoms with Gasteiger partial charge in [0.25, 0.3) is 0 Å². The summed E-state index contributed by atoms with van der Waals surface area (Å²) in [4.78, 5) is 0. The van der Waals surface area contributed by atoms with Crippen molar-refractivity contribution in [2.45, 2.75) is 26.3 Å². The van der Waals surface area contributed by atoms with E-state index in [1.807, 2.05) is 6.07 Å². The number of hydrogen-bond donors (Lipinski definition) is 1. The number of rotatable bonds is 2. The van der Waals surface area contributed by atoms with Crippen LogP contribution in [0, 0.1) is 11.3 Å². The van der Waals surface area contributed by atoms with E-state index in [-0.39, 0.29) is 5.54 Å². The molecule has 0 aromatic carbocycles. The van der Waals surface area contributed by atoms with E-state index in [0.717, 1.165) is 0 Å². The first kappa shape index (κ1) is 9.19. The molecule has 0 amide bonds. The summed E-state index contributed by atoms with van der Waals surface area (Å²) in [6, 6.07) is 1.98. The number of nitriles is 1. The van der Waals surface area contributed by atoms with Gasteiger partial charge >= 0.3 is 0 Å². The van der Waals surface area contributed by atoms with Gasteiger partial charge in [0.15, 0.2) is 0 Å². The highest BCUT2D eigenvalue weighted by molar-refractivity contribution is 5.17. The average molecular weight is 138 g/mol. The smallest absolute Gasteiger partial charge is 0.0954 e. The molecule has 0 heterocycles. The van der Waals surface area contributed by atoms with Crippen molar-refractivity contribution in [1.29, 1.82) is 5.26 Å². The summed E-state index contributed by atoms with van der Waals surface area (Å²) in [5.74, 6) is 0. The van der Waals surface area contributed by atoms with Gasteiger partial charge in [-0.05, 0) is 20.8 Å². The molecule has 2 heteroatoms. The molecule has 0 fully saturated rings. The monoisotopic (exact) mass is 138 g/mol. The summed E-state index contributed by atoms with van der Waals surface area (Å²) in [5, 5.41) is 11.5. The minimum atomic E-state index is 0.0692. The fraction of sp³-hybridized carbons (Fsp3) is 0.625. The lowest BCUT2D eigenvalue weighted by Gasteiger charge is -2.19. The summed E-state index contributed by atoms with van der Waals surface area (Å²) in [6.45, 7) is 10.3. The summed E-state index contributed by atoms with van der Waals surface area (Å²) < 4.78 is 0. The molecule has 0 aliphatic carbocycles. The second-order valence-electron chi connectivity index (χ2n) is 3.32. The Hall–Kier alpha value is -0.810. The number of nitrogens with zero attached hydrogens (tertiary/aromatic N) is 1. The summed E-state index contributed by atoms with van der Waals surface area (Å²) in [6.07, 6.45) is 0. The van der Waals surface area contributed by atoms with Gasteiger partial charge in [-0.15, -0.1) is 0 Å². The fourth-order valence-corrected chi connectivity index (χ4v) is 0.411. The Morgan fingerprint density at radius 1 is 1.60 bits per heavy atom. The third-order valence-electron chi connectivity index (χ3n) is 0.990. The fourth-order valence-electron chi connectivity index (χ4n) is 0.411. The summed E-state index contributed by atoms with van der Waals surface area (Å²) >= 11 is 0. The molecule has 0 atom stereocenters. The highest BCUT2D eigenvalue weighted by Crippen LogP contribution is 1.98.